The van der Waals surface area contributed by atoms with Gasteiger partial charge >= 0.3 is 0 Å². The quantitative estimate of drug-likeness (QED) is 0.840. The van der Waals surface area contributed by atoms with Crippen LogP contribution in [-0.2, 0) is 4.74 Å². The van der Waals surface area contributed by atoms with Crippen molar-refractivity contribution in [3.63, 3.8) is 0 Å². The van der Waals surface area contributed by atoms with Gasteiger partial charge in [0.05, 0.1) is 6.61 Å². The van der Waals surface area contributed by atoms with Gasteiger partial charge < -0.3 is 15.2 Å². The van der Waals surface area contributed by atoms with Crippen LogP contribution in [0.5, 0.6) is 0 Å². The normalized spacial score (nSPS) is 19.8. The molecule has 1 unspecified atom stereocenters. The largest absolute Gasteiger partial charge is 0.396 e. The first-order valence-electron chi connectivity index (χ1n) is 7.68. The molecule has 1 atom stereocenters. The van der Waals surface area contributed by atoms with Crippen molar-refractivity contribution < 1.29 is 9.84 Å². The fourth-order valence-corrected chi connectivity index (χ4v) is 2.83. The molecule has 1 aliphatic heterocycles. The number of nitrogens with one attached hydrogen (secondary N) is 1. The molecule has 0 aliphatic carbocycles. The van der Waals surface area contributed by atoms with Crippen LogP contribution < -0.4 is 5.32 Å². The molecule has 0 aromatic heterocycles. The predicted molar refractivity (Wildman–Crippen MR) is 81.8 cm³/mol. The average molecular weight is 277 g/mol. The maximum Gasteiger partial charge on any atom is 0.0501 e. The minimum Gasteiger partial charge on any atom is -0.396 e. The molecule has 3 heteroatoms. The Hall–Kier alpha value is -0.900. The number of aryl methyl sites for hydroxylation is 1. The van der Waals surface area contributed by atoms with E-state index in [0.717, 1.165) is 39.0 Å². The zero-order chi connectivity index (χ0) is 14.4. The molecule has 1 saturated heterocycles. The van der Waals surface area contributed by atoms with Crippen molar-refractivity contribution in [1.29, 1.82) is 0 Å². The van der Waals surface area contributed by atoms with Crippen LogP contribution in [0.1, 0.15) is 43.4 Å². The van der Waals surface area contributed by atoms with Crippen LogP contribution in [0.3, 0.4) is 0 Å². The van der Waals surface area contributed by atoms with Crippen molar-refractivity contribution in [3.8, 4) is 0 Å². The fourth-order valence-electron chi connectivity index (χ4n) is 2.83. The maximum absolute atomic E-state index is 9.74. The number of rotatable bonds is 6. The Bertz CT molecular complexity index is 396. The highest BCUT2D eigenvalue weighted by molar-refractivity contribution is 5.24. The van der Waals surface area contributed by atoms with Crippen LogP contribution in [0.2, 0.25) is 0 Å². The van der Waals surface area contributed by atoms with E-state index in [0.29, 0.717) is 6.04 Å². The first-order chi connectivity index (χ1) is 9.69. The molecule has 0 amide bonds. The van der Waals surface area contributed by atoms with Gasteiger partial charge in [0.2, 0.25) is 0 Å². The summed E-state index contributed by atoms with van der Waals surface area (Å²) in [6, 6.07) is 9.09. The summed E-state index contributed by atoms with van der Waals surface area (Å²) < 4.78 is 5.42. The van der Waals surface area contributed by atoms with Gasteiger partial charge in [0.25, 0.3) is 0 Å². The van der Waals surface area contributed by atoms with Crippen molar-refractivity contribution in [2.24, 2.45) is 5.41 Å². The van der Waals surface area contributed by atoms with Crippen LogP contribution in [0, 0.1) is 12.3 Å². The van der Waals surface area contributed by atoms with Crippen molar-refractivity contribution in [3.05, 3.63) is 35.4 Å². The van der Waals surface area contributed by atoms with Gasteiger partial charge in [0, 0.05) is 31.2 Å². The summed E-state index contributed by atoms with van der Waals surface area (Å²) in [6.45, 7) is 6.95. The fraction of sp³-hybridized carbons (Fsp3) is 0.647. The number of ether oxygens (including phenoxy) is 1. The molecule has 20 heavy (non-hydrogen) atoms. The van der Waals surface area contributed by atoms with Crippen molar-refractivity contribution in [2.75, 3.05) is 26.4 Å². The second kappa shape index (κ2) is 7.21. The Morgan fingerprint density at radius 3 is 2.45 bits per heavy atom. The third kappa shape index (κ3) is 3.81. The van der Waals surface area contributed by atoms with E-state index < -0.39 is 0 Å². The molecule has 0 spiro atoms. The first kappa shape index (κ1) is 15.5. The van der Waals surface area contributed by atoms with Crippen LogP contribution in [0.4, 0.5) is 0 Å². The summed E-state index contributed by atoms with van der Waals surface area (Å²) in [5.41, 5.74) is 2.62. The highest BCUT2D eigenvalue weighted by Gasteiger charge is 2.32. The molecular formula is C17H27NO2. The minimum absolute atomic E-state index is 0.00360. The van der Waals surface area contributed by atoms with E-state index in [4.69, 9.17) is 4.74 Å². The van der Waals surface area contributed by atoms with Gasteiger partial charge in [-0.25, -0.2) is 0 Å². The second-order valence-electron chi connectivity index (χ2n) is 6.02. The molecule has 0 bridgehead atoms. The summed E-state index contributed by atoms with van der Waals surface area (Å²) in [5.74, 6) is 0. The van der Waals surface area contributed by atoms with Crippen LogP contribution in [0.15, 0.2) is 24.3 Å². The number of hydrogen-bond acceptors (Lipinski definition) is 3. The van der Waals surface area contributed by atoms with Gasteiger partial charge in [0.15, 0.2) is 0 Å². The van der Waals surface area contributed by atoms with E-state index in [1.165, 1.54) is 11.1 Å². The Morgan fingerprint density at radius 1 is 1.25 bits per heavy atom. The molecule has 0 radical (unpaired) electrons. The Labute approximate surface area is 122 Å². The third-order valence-corrected chi connectivity index (χ3v) is 4.50. The Kier molecular flexibility index (Phi) is 5.58. The molecule has 0 saturated carbocycles. The standard InChI is InChI=1S/C17H27NO2/c1-3-16(15-6-4-14(2)5-7-15)18-12-17(13-19)8-10-20-11-9-17/h4-7,16,18-19H,3,8-13H2,1-2H3. The van der Waals surface area contributed by atoms with Crippen molar-refractivity contribution in [2.45, 2.75) is 39.2 Å². The van der Waals surface area contributed by atoms with Gasteiger partial charge in [-0.2, -0.15) is 0 Å². The molecule has 1 fully saturated rings. The number of aliphatic hydroxyl groups is 1. The maximum atomic E-state index is 9.74. The zero-order valence-electron chi connectivity index (χ0n) is 12.7. The van der Waals surface area contributed by atoms with E-state index in [-0.39, 0.29) is 12.0 Å². The minimum atomic E-state index is -0.00360. The van der Waals surface area contributed by atoms with Crippen LogP contribution in [-0.4, -0.2) is 31.5 Å². The molecular weight excluding hydrogens is 250 g/mol. The van der Waals surface area contributed by atoms with Gasteiger partial charge in [-0.3, -0.25) is 0 Å². The summed E-state index contributed by atoms with van der Waals surface area (Å²) in [7, 11) is 0. The smallest absolute Gasteiger partial charge is 0.0501 e. The lowest BCUT2D eigenvalue weighted by Gasteiger charge is -2.37. The van der Waals surface area contributed by atoms with Crippen molar-refractivity contribution >= 4 is 0 Å². The van der Waals surface area contributed by atoms with E-state index in [1.807, 2.05) is 0 Å². The highest BCUT2D eigenvalue weighted by atomic mass is 16.5. The Balaban J connectivity index is 1.97. The lowest BCUT2D eigenvalue weighted by Crippen LogP contribution is -2.42. The Morgan fingerprint density at radius 2 is 1.90 bits per heavy atom. The van der Waals surface area contributed by atoms with Gasteiger partial charge in [-0.15, -0.1) is 0 Å². The lowest BCUT2D eigenvalue weighted by atomic mass is 9.80. The highest BCUT2D eigenvalue weighted by Crippen LogP contribution is 2.30. The lowest BCUT2D eigenvalue weighted by molar-refractivity contribution is -0.0166. The third-order valence-electron chi connectivity index (χ3n) is 4.50. The number of aliphatic hydroxyl groups excluding tert-OH is 1. The molecule has 2 N–H and O–H groups in total. The molecule has 112 valence electrons. The van der Waals surface area contributed by atoms with E-state index in [9.17, 15) is 5.11 Å². The van der Waals surface area contributed by atoms with Gasteiger partial charge in [0.1, 0.15) is 0 Å². The van der Waals surface area contributed by atoms with Gasteiger partial charge in [-0.1, -0.05) is 36.8 Å². The second-order valence-corrected chi connectivity index (χ2v) is 6.02. The monoisotopic (exact) mass is 277 g/mol. The topological polar surface area (TPSA) is 41.5 Å². The van der Waals surface area contributed by atoms with E-state index in [1.54, 1.807) is 0 Å². The molecule has 1 aromatic rings. The zero-order valence-corrected chi connectivity index (χ0v) is 12.7. The SMILES string of the molecule is CCC(NCC1(CO)CCOCC1)c1ccc(C)cc1. The van der Waals surface area contributed by atoms with Crippen LogP contribution >= 0.6 is 0 Å². The van der Waals surface area contributed by atoms with Crippen LogP contribution in [0.25, 0.3) is 0 Å². The summed E-state index contributed by atoms with van der Waals surface area (Å²) >= 11 is 0. The van der Waals surface area contributed by atoms with Gasteiger partial charge in [-0.05, 0) is 31.7 Å². The van der Waals surface area contributed by atoms with Crippen molar-refractivity contribution in [1.82, 2.24) is 5.32 Å². The number of hydrogen-bond donors (Lipinski definition) is 2. The molecule has 1 heterocycles. The summed E-state index contributed by atoms with van der Waals surface area (Å²) in [5, 5.41) is 13.4. The summed E-state index contributed by atoms with van der Waals surface area (Å²) in [4.78, 5) is 0. The number of benzene rings is 1. The molecule has 1 aliphatic rings. The average Bonchev–Trinajstić information content (AvgIpc) is 2.50. The predicted octanol–water partition coefficient (Wildman–Crippen LogP) is 2.82. The first-order valence-corrected chi connectivity index (χ1v) is 7.68. The van der Waals surface area contributed by atoms with E-state index >= 15 is 0 Å². The summed E-state index contributed by atoms with van der Waals surface area (Å²) in [6.07, 6.45) is 2.95. The molecule has 1 aromatic carbocycles. The molecule has 2 rings (SSSR count). The molecule has 3 nitrogen and oxygen atoms in total. The van der Waals surface area contributed by atoms with E-state index in [2.05, 4.69) is 43.4 Å².